The van der Waals surface area contributed by atoms with E-state index >= 15 is 0 Å². The van der Waals surface area contributed by atoms with E-state index in [1.165, 1.54) is 111 Å². The second-order valence-electron chi connectivity index (χ2n) is 23.9. The monoisotopic (exact) mass is 992 g/mol. The highest BCUT2D eigenvalue weighted by Gasteiger charge is 2.43. The van der Waals surface area contributed by atoms with Gasteiger partial charge in [-0.25, -0.2) is 0 Å². The van der Waals surface area contributed by atoms with Gasteiger partial charge in [0.25, 0.3) is 0 Å². The summed E-state index contributed by atoms with van der Waals surface area (Å²) in [5, 5.41) is 2.48. The molecular weight excluding hydrogens is 927 g/mol. The maximum absolute atomic E-state index is 2.52. The predicted molar refractivity (Wildman–Crippen MR) is 327 cm³/mol. The highest BCUT2D eigenvalue weighted by Crippen LogP contribution is 2.57. The first-order chi connectivity index (χ1) is 37.2. The van der Waals surface area contributed by atoms with Gasteiger partial charge >= 0.3 is 0 Å². The van der Waals surface area contributed by atoms with Crippen molar-refractivity contribution in [3.05, 3.63) is 293 Å². The molecule has 0 fully saturated rings. The van der Waals surface area contributed by atoms with Crippen molar-refractivity contribution in [1.82, 2.24) is 0 Å². The molecule has 0 aromatic heterocycles. The standard InChI is InChI=1S/C76H65N/c1-73(2,3)55-46-52(47-56(48-55)74(4,5)6)60-33-21-24-51-25-22-35-64(71(51)60)63-31-17-20-39-70(63)77(58-44-45-62-61-30-15-18-36-66(61)76(8,69(62)49-58)54-28-13-10-14-29-54)57-42-40-50(41-43-57)59-34-23-38-68-72(59)65-32-16-19-37-67(65)75(68,7)53-26-11-9-12-27-53/h9-49H,1-8H3. The van der Waals surface area contributed by atoms with Crippen molar-refractivity contribution in [2.45, 2.75) is 77.0 Å². The molecule has 1 nitrogen and oxygen atoms in total. The lowest BCUT2D eigenvalue weighted by Crippen LogP contribution is -2.22. The van der Waals surface area contributed by atoms with Gasteiger partial charge in [-0.1, -0.05) is 260 Å². The number of nitrogens with zero attached hydrogens (tertiary/aromatic N) is 1. The maximum Gasteiger partial charge on any atom is 0.0540 e. The summed E-state index contributed by atoms with van der Waals surface area (Å²) < 4.78 is 0. The summed E-state index contributed by atoms with van der Waals surface area (Å²) in [5.41, 5.74) is 25.8. The zero-order valence-corrected chi connectivity index (χ0v) is 45.6. The molecule has 0 saturated heterocycles. The van der Waals surface area contributed by atoms with E-state index in [1.54, 1.807) is 0 Å². The Morgan fingerprint density at radius 2 is 0.779 bits per heavy atom. The lowest BCUT2D eigenvalue weighted by molar-refractivity contribution is 0.569. The molecule has 2 aliphatic rings. The average Bonchev–Trinajstić information content (AvgIpc) is 4.15. The SMILES string of the molecule is CC(C)(C)c1cc(-c2cccc3cccc(-c4ccccc4N(c4ccc(-c5cccc6c5-c5ccccc5C6(C)c5ccccc5)cc4)c4ccc5c(c4)C(C)(c4ccccc4)c4ccccc4-5)c23)cc(C(C)(C)C)c1. The molecule has 0 saturated carbocycles. The van der Waals surface area contributed by atoms with E-state index in [-0.39, 0.29) is 21.7 Å². The fourth-order valence-electron chi connectivity index (χ4n) is 13.1. The van der Waals surface area contributed by atoms with E-state index in [9.17, 15) is 0 Å². The van der Waals surface area contributed by atoms with Crippen molar-refractivity contribution >= 4 is 27.8 Å². The van der Waals surface area contributed by atoms with Gasteiger partial charge in [0, 0.05) is 27.8 Å². The first-order valence-corrected chi connectivity index (χ1v) is 27.5. The Balaban J connectivity index is 1.02. The number of para-hydroxylation sites is 1. The zero-order valence-electron chi connectivity index (χ0n) is 45.6. The molecule has 2 unspecified atom stereocenters. The average molecular weight is 992 g/mol. The van der Waals surface area contributed by atoms with Crippen LogP contribution in [0.2, 0.25) is 0 Å². The van der Waals surface area contributed by atoms with Crippen molar-refractivity contribution in [2.75, 3.05) is 4.90 Å². The zero-order chi connectivity index (χ0) is 52.8. The van der Waals surface area contributed by atoms with Gasteiger partial charge in [-0.2, -0.15) is 0 Å². The topological polar surface area (TPSA) is 3.24 Å². The number of benzene rings is 11. The smallest absolute Gasteiger partial charge is 0.0540 e. The molecule has 0 N–H and O–H groups in total. The van der Waals surface area contributed by atoms with Crippen LogP contribution >= 0.6 is 0 Å². The third-order valence-corrected chi connectivity index (χ3v) is 17.3. The van der Waals surface area contributed by atoms with Crippen LogP contribution < -0.4 is 4.90 Å². The van der Waals surface area contributed by atoms with E-state index in [1.807, 2.05) is 0 Å². The van der Waals surface area contributed by atoms with Crippen LogP contribution in [0.15, 0.2) is 249 Å². The number of fused-ring (bicyclic) bond motifs is 7. The van der Waals surface area contributed by atoms with Gasteiger partial charge in [-0.3, -0.25) is 0 Å². The van der Waals surface area contributed by atoms with E-state index in [0.717, 1.165) is 17.1 Å². The first kappa shape index (κ1) is 48.1. The van der Waals surface area contributed by atoms with Crippen LogP contribution in [-0.4, -0.2) is 0 Å². The van der Waals surface area contributed by atoms with Crippen molar-refractivity contribution in [2.24, 2.45) is 0 Å². The molecule has 0 amide bonds. The Bertz CT molecular complexity index is 4040. The van der Waals surface area contributed by atoms with E-state index < -0.39 is 0 Å². The molecule has 2 atom stereocenters. The number of hydrogen-bond donors (Lipinski definition) is 0. The number of hydrogen-bond acceptors (Lipinski definition) is 1. The molecule has 0 spiro atoms. The Morgan fingerprint density at radius 3 is 1.42 bits per heavy atom. The molecule has 374 valence electrons. The molecular formula is C76H65N. The molecule has 11 aromatic rings. The minimum atomic E-state index is -0.367. The second kappa shape index (κ2) is 18.1. The lowest BCUT2D eigenvalue weighted by Gasteiger charge is -2.32. The summed E-state index contributed by atoms with van der Waals surface area (Å²) in [6.45, 7) is 18.8. The Morgan fingerprint density at radius 1 is 0.312 bits per heavy atom. The van der Waals surface area contributed by atoms with Crippen molar-refractivity contribution in [3.8, 4) is 55.6 Å². The largest absolute Gasteiger partial charge is 0.310 e. The van der Waals surface area contributed by atoms with Crippen molar-refractivity contribution in [1.29, 1.82) is 0 Å². The summed E-state index contributed by atoms with van der Waals surface area (Å²) in [7, 11) is 0. The van der Waals surface area contributed by atoms with E-state index in [0.29, 0.717) is 0 Å². The molecule has 1 heteroatoms. The third-order valence-electron chi connectivity index (χ3n) is 17.3. The van der Waals surface area contributed by atoms with Crippen LogP contribution in [-0.2, 0) is 21.7 Å². The molecule has 13 rings (SSSR count). The van der Waals surface area contributed by atoms with Crippen LogP contribution in [0.1, 0.15) is 99.9 Å². The summed E-state index contributed by atoms with van der Waals surface area (Å²) in [4.78, 5) is 2.52. The molecule has 0 bridgehead atoms. The Kier molecular flexibility index (Phi) is 11.3. The predicted octanol–water partition coefficient (Wildman–Crippen LogP) is 20.6. The molecule has 0 heterocycles. The van der Waals surface area contributed by atoms with Crippen molar-refractivity contribution in [3.63, 3.8) is 0 Å². The van der Waals surface area contributed by atoms with Gasteiger partial charge < -0.3 is 4.90 Å². The van der Waals surface area contributed by atoms with Gasteiger partial charge in [0.05, 0.1) is 5.69 Å². The third kappa shape index (κ3) is 7.73. The first-order valence-electron chi connectivity index (χ1n) is 27.5. The summed E-state index contributed by atoms with van der Waals surface area (Å²) in [6, 6.07) is 93.8. The number of anilines is 3. The van der Waals surface area contributed by atoms with Crippen LogP contribution in [0.4, 0.5) is 17.1 Å². The molecule has 0 radical (unpaired) electrons. The highest BCUT2D eigenvalue weighted by atomic mass is 15.1. The summed E-state index contributed by atoms with van der Waals surface area (Å²) in [5.74, 6) is 0. The summed E-state index contributed by atoms with van der Waals surface area (Å²) >= 11 is 0. The van der Waals surface area contributed by atoms with Crippen LogP contribution in [0.5, 0.6) is 0 Å². The quantitative estimate of drug-likeness (QED) is 0.147. The van der Waals surface area contributed by atoms with E-state index in [4.69, 9.17) is 0 Å². The van der Waals surface area contributed by atoms with Gasteiger partial charge in [0.15, 0.2) is 0 Å². The number of rotatable bonds is 8. The normalized spacial score (nSPS) is 16.4. The molecule has 2 aliphatic carbocycles. The minimum Gasteiger partial charge on any atom is -0.310 e. The van der Waals surface area contributed by atoms with Crippen molar-refractivity contribution < 1.29 is 0 Å². The lowest BCUT2D eigenvalue weighted by atomic mass is 9.74. The molecule has 0 aliphatic heterocycles. The molecule has 77 heavy (non-hydrogen) atoms. The molecule has 11 aromatic carbocycles. The minimum absolute atomic E-state index is 0.0202. The summed E-state index contributed by atoms with van der Waals surface area (Å²) in [6.07, 6.45) is 0. The van der Waals surface area contributed by atoms with Gasteiger partial charge in [-0.15, -0.1) is 0 Å². The van der Waals surface area contributed by atoms with Crippen LogP contribution in [0.3, 0.4) is 0 Å². The Labute approximate surface area is 456 Å². The fourth-order valence-corrected chi connectivity index (χ4v) is 13.1. The van der Waals surface area contributed by atoms with Gasteiger partial charge in [-0.05, 0) is 160 Å². The maximum atomic E-state index is 2.52. The highest BCUT2D eigenvalue weighted by molar-refractivity contribution is 6.09. The van der Waals surface area contributed by atoms with E-state index in [2.05, 4.69) is 309 Å². The Hall–Kier alpha value is -8.52. The van der Waals surface area contributed by atoms with Gasteiger partial charge in [0.2, 0.25) is 0 Å². The fraction of sp³-hybridized carbons (Fsp3) is 0.158. The van der Waals surface area contributed by atoms with Gasteiger partial charge in [0.1, 0.15) is 0 Å². The second-order valence-corrected chi connectivity index (χ2v) is 23.9. The van der Waals surface area contributed by atoms with Crippen LogP contribution in [0, 0.1) is 0 Å². The van der Waals surface area contributed by atoms with Crippen LogP contribution in [0.25, 0.3) is 66.4 Å².